The summed E-state index contributed by atoms with van der Waals surface area (Å²) in [5, 5.41) is 0.0499. The molecule has 0 bridgehead atoms. The minimum atomic E-state index is -2.12. The Balaban J connectivity index is 2.73. The van der Waals surface area contributed by atoms with Crippen molar-refractivity contribution in [3.63, 3.8) is 0 Å². The first-order valence-corrected chi connectivity index (χ1v) is 19.6. The quantitative estimate of drug-likeness (QED) is 0.244. The Morgan fingerprint density at radius 3 is 2.17 bits per heavy atom. The maximum absolute atomic E-state index is 13.1. The maximum Gasteiger partial charge on any atom is 0.311 e. The number of rotatable bonds is 11. The molecule has 8 heteroatoms. The van der Waals surface area contributed by atoms with Gasteiger partial charge in [-0.25, -0.2) is 0 Å². The van der Waals surface area contributed by atoms with Gasteiger partial charge in [0, 0.05) is 6.54 Å². The van der Waals surface area contributed by atoms with Gasteiger partial charge in [0.05, 0.1) is 37.4 Å². The molecule has 0 spiro atoms. The van der Waals surface area contributed by atoms with Crippen LogP contribution in [0.25, 0.3) is 0 Å². The zero-order chi connectivity index (χ0) is 27.5. The van der Waals surface area contributed by atoms with E-state index >= 15 is 0 Å². The van der Waals surface area contributed by atoms with Gasteiger partial charge in [0.25, 0.3) is 0 Å². The number of benzene rings is 1. The predicted molar refractivity (Wildman–Crippen MR) is 152 cm³/mol. The van der Waals surface area contributed by atoms with Crippen LogP contribution in [0.15, 0.2) is 30.3 Å². The molecule has 206 valence electrons. The molecule has 1 aromatic carbocycles. The number of methoxy groups -OCH3 is 1. The van der Waals surface area contributed by atoms with Crippen molar-refractivity contribution in [2.45, 2.75) is 104 Å². The summed E-state index contributed by atoms with van der Waals surface area (Å²) < 4.78 is 25.8. The molecular weight excluding hydrogens is 486 g/mol. The molecule has 1 aliphatic heterocycles. The summed E-state index contributed by atoms with van der Waals surface area (Å²) >= 11 is 0. The zero-order valence-electron chi connectivity index (χ0n) is 24.8. The van der Waals surface area contributed by atoms with Crippen LogP contribution in [0.3, 0.4) is 0 Å². The van der Waals surface area contributed by atoms with E-state index in [1.165, 1.54) is 12.7 Å². The standard InChI is InChI=1S/C28H51NO5Si2/c1-21(2)24-28(19-33-36(11,12)27(4,5)6,25(34-35(8,9)10)22(3)26(30)31-7)29(20-32-24)18-23-16-14-13-15-17-23/h13-17,21-22,24-25H,18-20H2,1-12H3/t22-,24+,25+,28-/m1/s1. The number of ether oxygens (including phenoxy) is 2. The van der Waals surface area contributed by atoms with Crippen molar-refractivity contribution < 1.29 is 23.1 Å². The van der Waals surface area contributed by atoms with Crippen molar-refractivity contribution in [3.8, 4) is 0 Å². The van der Waals surface area contributed by atoms with Crippen LogP contribution in [0.1, 0.15) is 47.1 Å². The van der Waals surface area contributed by atoms with E-state index in [2.05, 4.69) is 96.5 Å². The fourth-order valence-corrected chi connectivity index (χ4v) is 7.01. The van der Waals surface area contributed by atoms with Crippen LogP contribution in [0.2, 0.25) is 37.8 Å². The minimum Gasteiger partial charge on any atom is -0.469 e. The van der Waals surface area contributed by atoms with E-state index in [-0.39, 0.29) is 23.0 Å². The second-order valence-corrected chi connectivity index (χ2v) is 22.4. The highest BCUT2D eigenvalue weighted by atomic mass is 28.4. The molecule has 4 atom stereocenters. The molecule has 36 heavy (non-hydrogen) atoms. The topological polar surface area (TPSA) is 57.2 Å². The van der Waals surface area contributed by atoms with Crippen molar-refractivity contribution in [1.29, 1.82) is 0 Å². The van der Waals surface area contributed by atoms with Gasteiger partial charge in [-0.1, -0.05) is 65.0 Å². The van der Waals surface area contributed by atoms with E-state index in [4.69, 9.17) is 18.3 Å². The summed E-state index contributed by atoms with van der Waals surface area (Å²) in [6.07, 6.45) is -0.612. The van der Waals surface area contributed by atoms with Crippen LogP contribution in [0, 0.1) is 11.8 Å². The van der Waals surface area contributed by atoms with Gasteiger partial charge in [-0.2, -0.15) is 0 Å². The molecule has 1 aliphatic rings. The average molecular weight is 538 g/mol. The lowest BCUT2D eigenvalue weighted by Gasteiger charge is -2.51. The van der Waals surface area contributed by atoms with Gasteiger partial charge in [0.1, 0.15) is 6.73 Å². The second kappa shape index (κ2) is 11.8. The van der Waals surface area contributed by atoms with Crippen LogP contribution in [-0.4, -0.2) is 65.7 Å². The third-order valence-corrected chi connectivity index (χ3v) is 13.2. The highest BCUT2D eigenvalue weighted by molar-refractivity contribution is 6.74. The Morgan fingerprint density at radius 2 is 1.69 bits per heavy atom. The molecule has 0 unspecified atom stereocenters. The maximum atomic E-state index is 13.1. The van der Waals surface area contributed by atoms with Gasteiger partial charge in [-0.05, 0) is 56.2 Å². The van der Waals surface area contributed by atoms with Crippen LogP contribution in [0.5, 0.6) is 0 Å². The SMILES string of the molecule is COC(=O)[C@H](C)[C@H](O[Si](C)(C)C)[C@@]1(CO[Si](C)(C)C(C)(C)C)[C@H](C(C)C)OCN1Cc1ccccc1. The van der Waals surface area contributed by atoms with Crippen LogP contribution in [-0.2, 0) is 29.7 Å². The third kappa shape index (κ3) is 7.08. The summed E-state index contributed by atoms with van der Waals surface area (Å²) in [7, 11) is -2.76. The van der Waals surface area contributed by atoms with Gasteiger partial charge in [0.2, 0.25) is 0 Å². The highest BCUT2D eigenvalue weighted by Gasteiger charge is 2.60. The Morgan fingerprint density at radius 1 is 1.11 bits per heavy atom. The minimum absolute atomic E-state index is 0.0499. The lowest BCUT2D eigenvalue weighted by atomic mass is 9.76. The van der Waals surface area contributed by atoms with Crippen molar-refractivity contribution in [1.82, 2.24) is 4.90 Å². The Kier molecular flexibility index (Phi) is 10.2. The summed E-state index contributed by atoms with van der Waals surface area (Å²) in [4.78, 5) is 15.4. The largest absolute Gasteiger partial charge is 0.469 e. The van der Waals surface area contributed by atoms with E-state index in [1.54, 1.807) is 0 Å². The third-order valence-electron chi connectivity index (χ3n) is 7.78. The molecule has 0 saturated carbocycles. The number of hydrogen-bond donors (Lipinski definition) is 0. The highest BCUT2D eigenvalue weighted by Crippen LogP contribution is 2.45. The summed E-state index contributed by atoms with van der Waals surface area (Å²) in [5.74, 6) is -0.545. The molecule has 1 saturated heterocycles. The summed E-state index contributed by atoms with van der Waals surface area (Å²) in [6, 6.07) is 10.4. The van der Waals surface area contributed by atoms with Gasteiger partial charge < -0.3 is 18.3 Å². The summed E-state index contributed by atoms with van der Waals surface area (Å²) in [5.41, 5.74) is 0.535. The molecule has 0 N–H and O–H groups in total. The van der Waals surface area contributed by atoms with Crippen LogP contribution < -0.4 is 0 Å². The monoisotopic (exact) mass is 537 g/mol. The molecular formula is C28H51NO5Si2. The number of nitrogens with zero attached hydrogens (tertiary/aromatic N) is 1. The normalized spacial score (nSPS) is 23.6. The Bertz CT molecular complexity index is 850. The number of esters is 1. The van der Waals surface area contributed by atoms with Crippen LogP contribution >= 0.6 is 0 Å². The molecule has 2 rings (SSSR count). The van der Waals surface area contributed by atoms with Crippen molar-refractivity contribution in [2.24, 2.45) is 11.8 Å². The van der Waals surface area contributed by atoms with E-state index in [0.717, 1.165) is 0 Å². The lowest BCUT2D eigenvalue weighted by Crippen LogP contribution is -2.68. The first-order chi connectivity index (χ1) is 16.5. The fourth-order valence-electron chi connectivity index (χ4n) is 4.82. The zero-order valence-corrected chi connectivity index (χ0v) is 26.8. The van der Waals surface area contributed by atoms with Crippen molar-refractivity contribution in [2.75, 3.05) is 20.4 Å². The van der Waals surface area contributed by atoms with E-state index in [1.807, 2.05) is 13.0 Å². The number of carbonyl (C=O) groups is 1. The number of hydrogen-bond acceptors (Lipinski definition) is 6. The molecule has 0 radical (unpaired) electrons. The van der Waals surface area contributed by atoms with E-state index in [0.29, 0.717) is 19.9 Å². The Labute approximate surface area is 222 Å². The second-order valence-electron chi connectivity index (χ2n) is 13.1. The van der Waals surface area contributed by atoms with E-state index < -0.39 is 34.2 Å². The lowest BCUT2D eigenvalue weighted by molar-refractivity contribution is -0.155. The van der Waals surface area contributed by atoms with Gasteiger partial charge in [-0.15, -0.1) is 0 Å². The van der Waals surface area contributed by atoms with Gasteiger partial charge in [0.15, 0.2) is 16.6 Å². The molecule has 1 fully saturated rings. The fraction of sp³-hybridized carbons (Fsp3) is 0.750. The Hall–Kier alpha value is -1.04. The predicted octanol–water partition coefficient (Wildman–Crippen LogP) is 6.29. The van der Waals surface area contributed by atoms with Crippen LogP contribution in [0.4, 0.5) is 0 Å². The summed E-state index contributed by atoms with van der Waals surface area (Å²) in [6.45, 7) is 25.7. The molecule has 1 aromatic rings. The average Bonchev–Trinajstić information content (AvgIpc) is 3.13. The van der Waals surface area contributed by atoms with Crippen molar-refractivity contribution >= 4 is 22.6 Å². The first kappa shape index (κ1) is 31.2. The molecule has 6 nitrogen and oxygen atoms in total. The molecule has 0 aromatic heterocycles. The first-order valence-electron chi connectivity index (χ1n) is 13.3. The molecule has 0 aliphatic carbocycles. The van der Waals surface area contributed by atoms with Gasteiger partial charge in [-0.3, -0.25) is 9.69 Å². The molecule has 0 amide bonds. The van der Waals surface area contributed by atoms with E-state index in [9.17, 15) is 4.79 Å². The smallest absolute Gasteiger partial charge is 0.311 e. The van der Waals surface area contributed by atoms with Crippen molar-refractivity contribution in [3.05, 3.63) is 35.9 Å². The van der Waals surface area contributed by atoms with Gasteiger partial charge >= 0.3 is 5.97 Å². The number of carbonyl (C=O) groups excluding carboxylic acids is 1. The molecule has 1 heterocycles.